The van der Waals surface area contributed by atoms with Crippen LogP contribution in [0.1, 0.15) is 19.4 Å². The van der Waals surface area contributed by atoms with Crippen molar-refractivity contribution in [3.05, 3.63) is 35.0 Å². The molecule has 2 aromatic rings. The molecule has 1 aromatic heterocycles. The number of rotatable bonds is 3. The van der Waals surface area contributed by atoms with Gasteiger partial charge < -0.3 is 9.73 Å². The predicted octanol–water partition coefficient (Wildman–Crippen LogP) is 3.58. The maximum atomic E-state index is 6.13. The van der Waals surface area contributed by atoms with Gasteiger partial charge >= 0.3 is 0 Å². The Hall–Kier alpha value is -0.990. The van der Waals surface area contributed by atoms with Crippen molar-refractivity contribution in [3.63, 3.8) is 0 Å². The Morgan fingerprint density at radius 3 is 2.93 bits per heavy atom. The summed E-state index contributed by atoms with van der Waals surface area (Å²) in [5.41, 5.74) is 1.97. The van der Waals surface area contributed by atoms with Crippen LogP contribution in [0.4, 0.5) is 0 Å². The van der Waals surface area contributed by atoms with Crippen LogP contribution in [0.2, 0.25) is 5.02 Å². The fraction of sp³-hybridized carbons (Fsp3) is 0.333. The molecule has 0 aliphatic rings. The number of fused-ring (bicyclic) bond motifs is 1. The average molecular weight is 224 g/mol. The number of nitrogens with one attached hydrogen (secondary N) is 1. The largest absolute Gasteiger partial charge is 0.464 e. The Bertz CT molecular complexity index is 462. The van der Waals surface area contributed by atoms with Crippen LogP contribution in [-0.4, -0.2) is 6.04 Å². The summed E-state index contributed by atoms with van der Waals surface area (Å²) < 4.78 is 5.44. The summed E-state index contributed by atoms with van der Waals surface area (Å²) in [6.45, 7) is 5.02. The van der Waals surface area contributed by atoms with E-state index in [0.717, 1.165) is 28.1 Å². The first-order valence-electron chi connectivity index (χ1n) is 5.06. The van der Waals surface area contributed by atoms with Crippen LogP contribution >= 0.6 is 11.6 Å². The van der Waals surface area contributed by atoms with Gasteiger partial charge in [-0.15, -0.1) is 0 Å². The molecule has 2 nitrogen and oxygen atoms in total. The lowest BCUT2D eigenvalue weighted by atomic mass is 10.1. The number of hydrogen-bond donors (Lipinski definition) is 1. The van der Waals surface area contributed by atoms with E-state index >= 15 is 0 Å². The van der Waals surface area contributed by atoms with Crippen LogP contribution < -0.4 is 5.32 Å². The minimum Gasteiger partial charge on any atom is -0.464 e. The highest BCUT2D eigenvalue weighted by molar-refractivity contribution is 6.35. The molecule has 2 rings (SSSR count). The summed E-state index contributed by atoms with van der Waals surface area (Å²) in [4.78, 5) is 0. The van der Waals surface area contributed by atoms with E-state index in [0.29, 0.717) is 6.04 Å². The highest BCUT2D eigenvalue weighted by Gasteiger charge is 2.08. The molecule has 0 saturated heterocycles. The maximum absolute atomic E-state index is 6.13. The van der Waals surface area contributed by atoms with Crippen LogP contribution in [0.15, 0.2) is 28.9 Å². The summed E-state index contributed by atoms with van der Waals surface area (Å²) in [6, 6.07) is 6.17. The highest BCUT2D eigenvalue weighted by Crippen LogP contribution is 2.28. The molecule has 0 radical (unpaired) electrons. The van der Waals surface area contributed by atoms with Crippen molar-refractivity contribution >= 4 is 22.6 Å². The second kappa shape index (κ2) is 4.25. The molecule has 0 unspecified atom stereocenters. The molecule has 1 heterocycles. The Morgan fingerprint density at radius 2 is 2.20 bits per heavy atom. The molecule has 80 valence electrons. The Labute approximate surface area is 94.2 Å². The first-order valence-corrected chi connectivity index (χ1v) is 5.44. The molecule has 0 fully saturated rings. The molecular formula is C12H14ClNO. The summed E-state index contributed by atoms with van der Waals surface area (Å²) in [5.74, 6) is 0. The van der Waals surface area contributed by atoms with Gasteiger partial charge in [-0.2, -0.15) is 0 Å². The standard InChI is InChI=1S/C12H14ClNO/c1-8(2)14-6-9-7-15-11-5-3-4-10(13)12(9)11/h3-5,7-8,14H,6H2,1-2H3. The second-order valence-electron chi connectivity index (χ2n) is 3.91. The zero-order chi connectivity index (χ0) is 10.8. The highest BCUT2D eigenvalue weighted by atomic mass is 35.5. The van der Waals surface area contributed by atoms with E-state index in [-0.39, 0.29) is 0 Å². The Balaban J connectivity index is 2.35. The number of benzene rings is 1. The Morgan fingerprint density at radius 1 is 1.40 bits per heavy atom. The Kier molecular flexibility index (Phi) is 2.98. The van der Waals surface area contributed by atoms with Crippen molar-refractivity contribution in [2.45, 2.75) is 26.4 Å². The number of furan rings is 1. The minimum absolute atomic E-state index is 0.456. The molecule has 15 heavy (non-hydrogen) atoms. The van der Waals surface area contributed by atoms with Crippen LogP contribution in [-0.2, 0) is 6.54 Å². The van der Waals surface area contributed by atoms with Gasteiger partial charge in [0.15, 0.2) is 0 Å². The molecule has 3 heteroatoms. The lowest BCUT2D eigenvalue weighted by Crippen LogP contribution is -2.21. The summed E-state index contributed by atoms with van der Waals surface area (Å²) in [5, 5.41) is 5.12. The molecule has 1 N–H and O–H groups in total. The van der Waals surface area contributed by atoms with Gasteiger partial charge in [0, 0.05) is 23.5 Å². The zero-order valence-corrected chi connectivity index (χ0v) is 9.64. The summed E-state index contributed by atoms with van der Waals surface area (Å²) >= 11 is 6.13. The molecule has 0 aliphatic carbocycles. The third-order valence-electron chi connectivity index (χ3n) is 2.33. The number of halogens is 1. The zero-order valence-electron chi connectivity index (χ0n) is 8.88. The SMILES string of the molecule is CC(C)NCc1coc2cccc(Cl)c12. The first kappa shape index (κ1) is 10.5. The fourth-order valence-electron chi connectivity index (χ4n) is 1.55. The smallest absolute Gasteiger partial charge is 0.135 e. The third kappa shape index (κ3) is 2.16. The molecule has 0 amide bonds. The van der Waals surface area contributed by atoms with E-state index in [1.165, 1.54) is 0 Å². The van der Waals surface area contributed by atoms with Gasteiger partial charge in [-0.05, 0) is 12.1 Å². The van der Waals surface area contributed by atoms with Gasteiger partial charge in [0.05, 0.1) is 11.3 Å². The molecule has 0 bridgehead atoms. The summed E-state index contributed by atoms with van der Waals surface area (Å²) in [7, 11) is 0. The van der Waals surface area contributed by atoms with E-state index in [4.69, 9.17) is 16.0 Å². The minimum atomic E-state index is 0.456. The second-order valence-corrected chi connectivity index (χ2v) is 4.32. The number of hydrogen-bond acceptors (Lipinski definition) is 2. The van der Waals surface area contributed by atoms with Gasteiger partial charge in [0.25, 0.3) is 0 Å². The van der Waals surface area contributed by atoms with E-state index < -0.39 is 0 Å². The molecule has 0 aliphatic heterocycles. The van der Waals surface area contributed by atoms with Gasteiger partial charge in [0.1, 0.15) is 5.58 Å². The van der Waals surface area contributed by atoms with Crippen molar-refractivity contribution in [1.29, 1.82) is 0 Å². The van der Waals surface area contributed by atoms with Crippen molar-refractivity contribution < 1.29 is 4.42 Å². The fourth-order valence-corrected chi connectivity index (χ4v) is 1.84. The topological polar surface area (TPSA) is 25.2 Å². The van der Waals surface area contributed by atoms with Crippen molar-refractivity contribution in [3.8, 4) is 0 Å². The summed E-state index contributed by atoms with van der Waals surface area (Å²) in [6.07, 6.45) is 1.77. The molecule has 1 aromatic carbocycles. The van der Waals surface area contributed by atoms with Crippen LogP contribution in [0.3, 0.4) is 0 Å². The van der Waals surface area contributed by atoms with Gasteiger partial charge in [-0.3, -0.25) is 0 Å². The first-order chi connectivity index (χ1) is 7.18. The van der Waals surface area contributed by atoms with E-state index in [9.17, 15) is 0 Å². The molecule has 0 saturated carbocycles. The van der Waals surface area contributed by atoms with Gasteiger partial charge in [-0.1, -0.05) is 31.5 Å². The van der Waals surface area contributed by atoms with E-state index in [2.05, 4.69) is 19.2 Å². The van der Waals surface area contributed by atoms with Crippen molar-refractivity contribution in [2.75, 3.05) is 0 Å². The van der Waals surface area contributed by atoms with Crippen molar-refractivity contribution in [2.24, 2.45) is 0 Å². The lowest BCUT2D eigenvalue weighted by Gasteiger charge is -2.06. The molecular weight excluding hydrogens is 210 g/mol. The van der Waals surface area contributed by atoms with E-state index in [1.807, 2.05) is 18.2 Å². The van der Waals surface area contributed by atoms with Crippen molar-refractivity contribution in [1.82, 2.24) is 5.32 Å². The normalized spacial score (nSPS) is 11.5. The predicted molar refractivity (Wildman–Crippen MR) is 63.2 cm³/mol. The maximum Gasteiger partial charge on any atom is 0.135 e. The molecule has 0 atom stereocenters. The van der Waals surface area contributed by atoms with E-state index in [1.54, 1.807) is 6.26 Å². The monoisotopic (exact) mass is 223 g/mol. The van der Waals surface area contributed by atoms with Crippen LogP contribution in [0, 0.1) is 0 Å². The van der Waals surface area contributed by atoms with Crippen LogP contribution in [0.5, 0.6) is 0 Å². The van der Waals surface area contributed by atoms with Crippen LogP contribution in [0.25, 0.3) is 11.0 Å². The third-order valence-corrected chi connectivity index (χ3v) is 2.64. The van der Waals surface area contributed by atoms with Gasteiger partial charge in [0.2, 0.25) is 0 Å². The average Bonchev–Trinajstić information content (AvgIpc) is 2.59. The lowest BCUT2D eigenvalue weighted by molar-refractivity contribution is 0.572. The van der Waals surface area contributed by atoms with Gasteiger partial charge in [-0.25, -0.2) is 0 Å². The quantitative estimate of drug-likeness (QED) is 0.861. The molecule has 0 spiro atoms.